The van der Waals surface area contributed by atoms with Crippen LogP contribution in [-0.4, -0.2) is 37.9 Å². The molecule has 0 aromatic rings. The van der Waals surface area contributed by atoms with Gasteiger partial charge in [-0.05, 0) is 51.4 Å². The van der Waals surface area contributed by atoms with Gasteiger partial charge in [-0.3, -0.25) is 9.59 Å². The molecule has 21 heavy (non-hydrogen) atoms. The monoisotopic (exact) mass is 298 g/mol. The minimum absolute atomic E-state index is 0.101. The van der Waals surface area contributed by atoms with Crippen LogP contribution in [-0.2, 0) is 23.8 Å². The zero-order valence-corrected chi connectivity index (χ0v) is 13.2. The molecule has 1 saturated carbocycles. The second-order valence-electron chi connectivity index (χ2n) is 6.19. The summed E-state index contributed by atoms with van der Waals surface area (Å²) in [5.74, 6) is -0.273. The fourth-order valence-corrected chi connectivity index (χ4v) is 3.29. The van der Waals surface area contributed by atoms with Crippen molar-refractivity contribution in [1.82, 2.24) is 0 Å². The molecule has 1 aliphatic heterocycles. The van der Waals surface area contributed by atoms with E-state index in [0.717, 1.165) is 12.8 Å². The molecule has 0 radical (unpaired) electrons. The number of methoxy groups -OCH3 is 1. The molecule has 4 atom stereocenters. The van der Waals surface area contributed by atoms with Crippen LogP contribution in [0.5, 0.6) is 0 Å². The Labute approximate surface area is 126 Å². The lowest BCUT2D eigenvalue weighted by Gasteiger charge is -2.37. The van der Waals surface area contributed by atoms with Crippen molar-refractivity contribution in [3.63, 3.8) is 0 Å². The van der Waals surface area contributed by atoms with Crippen molar-refractivity contribution in [1.29, 1.82) is 0 Å². The largest absolute Gasteiger partial charge is 0.469 e. The van der Waals surface area contributed by atoms with Crippen molar-refractivity contribution in [3.05, 3.63) is 0 Å². The highest BCUT2D eigenvalue weighted by atomic mass is 16.5. The fraction of sp³-hybridized carbons (Fsp3) is 0.875. The first kappa shape index (κ1) is 16.3. The predicted octanol–water partition coefficient (Wildman–Crippen LogP) is 2.32. The lowest BCUT2D eigenvalue weighted by Crippen LogP contribution is -2.39. The third-order valence-electron chi connectivity index (χ3n) is 4.50. The highest BCUT2D eigenvalue weighted by molar-refractivity contribution is 5.80. The highest BCUT2D eigenvalue weighted by Crippen LogP contribution is 2.43. The van der Waals surface area contributed by atoms with E-state index >= 15 is 0 Å². The van der Waals surface area contributed by atoms with Gasteiger partial charge in [0.1, 0.15) is 0 Å². The van der Waals surface area contributed by atoms with E-state index in [-0.39, 0.29) is 36.5 Å². The number of ether oxygens (including phenoxy) is 3. The van der Waals surface area contributed by atoms with Gasteiger partial charge < -0.3 is 14.2 Å². The average molecular weight is 298 g/mol. The first-order chi connectivity index (χ1) is 10.0. The summed E-state index contributed by atoms with van der Waals surface area (Å²) in [5.41, 5.74) is 0. The van der Waals surface area contributed by atoms with Crippen LogP contribution < -0.4 is 0 Å². The van der Waals surface area contributed by atoms with Crippen molar-refractivity contribution in [3.8, 4) is 0 Å². The lowest BCUT2D eigenvalue weighted by molar-refractivity contribution is -0.160. The van der Waals surface area contributed by atoms with Crippen LogP contribution in [0.3, 0.4) is 0 Å². The molecule has 1 aliphatic carbocycles. The number of hydrogen-bond acceptors (Lipinski definition) is 5. The lowest BCUT2D eigenvalue weighted by atomic mass is 9.79. The van der Waals surface area contributed by atoms with Gasteiger partial charge in [0.15, 0.2) is 0 Å². The highest BCUT2D eigenvalue weighted by Gasteiger charge is 2.42. The Kier molecular flexibility index (Phi) is 5.62. The van der Waals surface area contributed by atoms with Crippen LogP contribution >= 0.6 is 0 Å². The molecule has 1 heterocycles. The molecule has 2 fully saturated rings. The molecule has 0 aromatic carbocycles. The normalized spacial score (nSPS) is 30.5. The molecule has 0 bridgehead atoms. The molecular formula is C16H26O5. The maximum atomic E-state index is 12.2. The van der Waals surface area contributed by atoms with Crippen LogP contribution in [0.1, 0.15) is 46.0 Å². The molecule has 0 N–H and O–H groups in total. The first-order valence-electron chi connectivity index (χ1n) is 7.94. The number of esters is 2. The smallest absolute Gasteiger partial charge is 0.309 e. The number of hydrogen-bond donors (Lipinski definition) is 0. The molecule has 1 saturated heterocycles. The topological polar surface area (TPSA) is 61.8 Å². The van der Waals surface area contributed by atoms with E-state index in [1.165, 1.54) is 20.0 Å². The minimum atomic E-state index is -0.412. The number of carbonyl (C=O) groups excluding carboxylic acids is 2. The van der Waals surface area contributed by atoms with Crippen molar-refractivity contribution in [2.45, 2.75) is 58.2 Å². The molecule has 5 nitrogen and oxygen atoms in total. The van der Waals surface area contributed by atoms with Crippen LogP contribution in [0.25, 0.3) is 0 Å². The quantitative estimate of drug-likeness (QED) is 0.704. The third kappa shape index (κ3) is 4.43. The average Bonchev–Trinajstić information content (AvgIpc) is 3.28. The van der Waals surface area contributed by atoms with Gasteiger partial charge in [0.25, 0.3) is 0 Å². The van der Waals surface area contributed by atoms with E-state index in [1.807, 2.05) is 6.92 Å². The Morgan fingerprint density at radius 3 is 2.57 bits per heavy atom. The summed E-state index contributed by atoms with van der Waals surface area (Å²) in [7, 11) is 1.35. The summed E-state index contributed by atoms with van der Waals surface area (Å²) in [6.45, 7) is 4.16. The number of rotatable bonds is 6. The van der Waals surface area contributed by atoms with Crippen LogP contribution in [0.2, 0.25) is 0 Å². The summed E-state index contributed by atoms with van der Waals surface area (Å²) in [4.78, 5) is 23.8. The second kappa shape index (κ2) is 7.25. The standard InChI is InChI=1S/C16H26O5/c1-4-20-16(18)13(9-15(17)19-3)12-7-10(2)21-14(8-12)11-5-6-11/h10-14H,4-9H2,1-3H3/t10-,12-,13+,14+/m1/s1. The van der Waals surface area contributed by atoms with Gasteiger partial charge in [-0.15, -0.1) is 0 Å². The van der Waals surface area contributed by atoms with Gasteiger partial charge in [0.2, 0.25) is 0 Å². The maximum absolute atomic E-state index is 12.2. The van der Waals surface area contributed by atoms with E-state index in [2.05, 4.69) is 0 Å². The summed E-state index contributed by atoms with van der Waals surface area (Å²) in [5, 5.41) is 0. The van der Waals surface area contributed by atoms with Crippen molar-refractivity contribution in [2.75, 3.05) is 13.7 Å². The van der Waals surface area contributed by atoms with E-state index in [1.54, 1.807) is 6.92 Å². The van der Waals surface area contributed by atoms with E-state index in [9.17, 15) is 9.59 Å². The van der Waals surface area contributed by atoms with E-state index in [4.69, 9.17) is 14.2 Å². The first-order valence-corrected chi connectivity index (χ1v) is 7.94. The fourth-order valence-electron chi connectivity index (χ4n) is 3.29. The number of carbonyl (C=O) groups is 2. The zero-order valence-electron chi connectivity index (χ0n) is 13.2. The van der Waals surface area contributed by atoms with Gasteiger partial charge in [-0.2, -0.15) is 0 Å². The minimum Gasteiger partial charge on any atom is -0.469 e. The van der Waals surface area contributed by atoms with Gasteiger partial charge in [-0.1, -0.05) is 0 Å². The second-order valence-corrected chi connectivity index (χ2v) is 6.19. The van der Waals surface area contributed by atoms with E-state index in [0.29, 0.717) is 12.5 Å². The molecule has 2 rings (SSSR count). The SMILES string of the molecule is CCOC(=O)[C@@H](CC(=O)OC)[C@@H]1C[C@@H](C)O[C@H](C2CC2)C1. The summed E-state index contributed by atoms with van der Waals surface area (Å²) >= 11 is 0. The molecule has 0 unspecified atom stereocenters. The molecule has 0 aromatic heterocycles. The summed E-state index contributed by atoms with van der Waals surface area (Å²) in [6, 6.07) is 0. The Bertz CT molecular complexity index is 377. The zero-order chi connectivity index (χ0) is 15.4. The Balaban J connectivity index is 2.05. The van der Waals surface area contributed by atoms with Crippen LogP contribution in [0.15, 0.2) is 0 Å². The molecular weight excluding hydrogens is 272 g/mol. The van der Waals surface area contributed by atoms with Crippen molar-refractivity contribution < 1.29 is 23.8 Å². The van der Waals surface area contributed by atoms with Crippen LogP contribution in [0.4, 0.5) is 0 Å². The molecule has 2 aliphatic rings. The maximum Gasteiger partial charge on any atom is 0.309 e. The van der Waals surface area contributed by atoms with Gasteiger partial charge in [-0.25, -0.2) is 0 Å². The molecule has 0 amide bonds. The van der Waals surface area contributed by atoms with Gasteiger partial charge in [0.05, 0.1) is 38.3 Å². The molecule has 0 spiro atoms. The van der Waals surface area contributed by atoms with Gasteiger partial charge >= 0.3 is 11.9 Å². The van der Waals surface area contributed by atoms with Crippen molar-refractivity contribution >= 4 is 11.9 Å². The van der Waals surface area contributed by atoms with Gasteiger partial charge in [0, 0.05) is 0 Å². The van der Waals surface area contributed by atoms with Crippen molar-refractivity contribution in [2.24, 2.45) is 17.8 Å². The third-order valence-corrected chi connectivity index (χ3v) is 4.50. The summed E-state index contributed by atoms with van der Waals surface area (Å²) < 4.78 is 15.9. The predicted molar refractivity (Wildman–Crippen MR) is 76.5 cm³/mol. The van der Waals surface area contributed by atoms with Crippen LogP contribution in [0, 0.1) is 17.8 Å². The Morgan fingerprint density at radius 2 is 2.00 bits per heavy atom. The molecule has 5 heteroatoms. The Hall–Kier alpha value is -1.10. The summed E-state index contributed by atoms with van der Waals surface area (Å²) in [6.07, 6.45) is 4.52. The molecule has 120 valence electrons. The van der Waals surface area contributed by atoms with E-state index < -0.39 is 5.92 Å². The Morgan fingerprint density at radius 1 is 1.29 bits per heavy atom.